The fraction of sp³-hybridized carbons (Fsp3) is 0.952. The Morgan fingerprint density at radius 1 is 0.519 bits per heavy atom. The van der Waals surface area contributed by atoms with Gasteiger partial charge < -0.3 is 29.5 Å². The molecule has 321 valence electrons. The summed E-state index contributed by atoms with van der Waals surface area (Å²) in [5.41, 5.74) is 0. The highest BCUT2D eigenvalue weighted by Gasteiger charge is 2.28. The van der Waals surface area contributed by atoms with E-state index >= 15 is 0 Å². The van der Waals surface area contributed by atoms with Gasteiger partial charge in [-0.05, 0) is 12.8 Å². The molecule has 4 N–H and O–H groups in total. The number of hydroxylamine groups is 2. The van der Waals surface area contributed by atoms with Gasteiger partial charge in [0.2, 0.25) is 6.61 Å². The van der Waals surface area contributed by atoms with E-state index in [1.54, 1.807) is 0 Å². The van der Waals surface area contributed by atoms with Crippen molar-refractivity contribution >= 4 is 19.8 Å². The van der Waals surface area contributed by atoms with Gasteiger partial charge in [0.1, 0.15) is 25.2 Å². The first kappa shape index (κ1) is 52.9. The lowest BCUT2D eigenvalue weighted by Crippen LogP contribution is -2.40. The topological polar surface area (TPSA) is 166 Å². The Balaban J connectivity index is 3.96. The van der Waals surface area contributed by atoms with Crippen molar-refractivity contribution in [1.29, 1.82) is 0 Å². The van der Waals surface area contributed by atoms with E-state index in [0.29, 0.717) is 17.9 Å². The smallest absolute Gasteiger partial charge is 0.463 e. The highest BCUT2D eigenvalue weighted by Crippen LogP contribution is 2.37. The number of hydrogen-bond acceptors (Lipinski definition) is 9. The van der Waals surface area contributed by atoms with Crippen molar-refractivity contribution in [3.63, 3.8) is 0 Å². The summed E-state index contributed by atoms with van der Waals surface area (Å²) in [6.45, 7) is 2.84. The van der Waals surface area contributed by atoms with E-state index < -0.39 is 45.1 Å². The first-order chi connectivity index (χ1) is 26.1. The molecule has 0 aromatic heterocycles. The Morgan fingerprint density at radius 3 is 1.15 bits per heavy atom. The Bertz CT molecular complexity index is 831. The highest BCUT2D eigenvalue weighted by molar-refractivity contribution is 7.46. The van der Waals surface area contributed by atoms with Crippen molar-refractivity contribution in [2.45, 2.75) is 232 Å². The largest absolute Gasteiger partial charge is 0.574 e. The number of ether oxygens (including phenoxy) is 2. The zero-order valence-corrected chi connectivity index (χ0v) is 35.6. The molecular formula is C42H84NO10P+. The average Bonchev–Trinajstić information content (AvgIpc) is 3.12. The maximum atomic E-state index is 12.2. The standard InChI is InChI=1S/C42H84NO10P/c1-3-5-7-9-11-13-15-17-19-21-23-25-27-29-31-33-41(46)51-37-39(44)35-43(53-54(48,49)50)36-40(45)38-52-42(47)34-32-30-28-26-24-22-20-18-16-14-12-10-8-6-4-2/h39-40,44-45H,3-38H2,1-2H3,(H2,48,49,50)/q+1/t39-,40-/m0/s1. The molecule has 0 aliphatic carbocycles. The molecule has 0 rings (SSSR count). The SMILES string of the molecule is CCCCCCCCCCCCCCCCCC(=O)OC[C@@H](O)CN(C[C@H](O)COC(=[O+])CCCCCCCCCCCCCCCCC)OP(=O)(O)O. The number of hydrogen-bond donors (Lipinski definition) is 4. The van der Waals surface area contributed by atoms with Crippen LogP contribution in [0.4, 0.5) is 0 Å². The molecule has 0 fully saturated rings. The Kier molecular flexibility index (Phi) is 38.0. The van der Waals surface area contributed by atoms with E-state index in [-0.39, 0.29) is 26.1 Å². The summed E-state index contributed by atoms with van der Waals surface area (Å²) in [5.74, 6) is -0.903. The van der Waals surface area contributed by atoms with Crippen LogP contribution in [-0.2, 0) is 28.3 Å². The van der Waals surface area contributed by atoms with Gasteiger partial charge in [-0.2, -0.15) is 9.69 Å². The zero-order chi connectivity index (χ0) is 40.0. The van der Waals surface area contributed by atoms with Gasteiger partial charge in [0.25, 0.3) is 0 Å². The minimum Gasteiger partial charge on any atom is -0.463 e. The lowest BCUT2D eigenvalue weighted by Gasteiger charge is -2.25. The fourth-order valence-corrected chi connectivity index (χ4v) is 7.11. The van der Waals surface area contributed by atoms with Crippen LogP contribution in [0, 0.1) is 0 Å². The first-order valence-corrected chi connectivity index (χ1v) is 23.8. The molecule has 0 bridgehead atoms. The molecule has 0 unspecified atom stereocenters. The number of nitrogens with zero attached hydrogens (tertiary/aromatic N) is 1. The number of aliphatic hydroxyl groups is 2. The lowest BCUT2D eigenvalue weighted by atomic mass is 10.0. The van der Waals surface area contributed by atoms with E-state index in [1.807, 2.05) is 0 Å². The number of carbonyl (C=O) groups excluding carboxylic acids is 2. The van der Waals surface area contributed by atoms with Gasteiger partial charge in [-0.25, -0.2) is 4.57 Å². The predicted octanol–water partition coefficient (Wildman–Crippen LogP) is 10.6. The van der Waals surface area contributed by atoms with Gasteiger partial charge in [0, 0.05) is 11.2 Å². The molecule has 0 saturated heterocycles. The number of esters is 2. The van der Waals surface area contributed by atoms with Crippen molar-refractivity contribution in [1.82, 2.24) is 5.06 Å². The zero-order valence-electron chi connectivity index (χ0n) is 34.7. The third-order valence-corrected chi connectivity index (χ3v) is 10.3. The summed E-state index contributed by atoms with van der Waals surface area (Å²) in [4.78, 5) is 42.9. The minimum atomic E-state index is -5.00. The summed E-state index contributed by atoms with van der Waals surface area (Å²) in [6, 6.07) is 0. The third kappa shape index (κ3) is 40.6. The van der Waals surface area contributed by atoms with E-state index in [1.165, 1.54) is 141 Å². The predicted molar refractivity (Wildman–Crippen MR) is 218 cm³/mol. The molecule has 11 nitrogen and oxygen atoms in total. The average molecular weight is 794 g/mol. The lowest BCUT2D eigenvalue weighted by molar-refractivity contribution is -0.158. The molecule has 0 saturated carbocycles. The normalized spacial score (nSPS) is 13.0. The highest BCUT2D eigenvalue weighted by atomic mass is 31.2. The van der Waals surface area contributed by atoms with Crippen molar-refractivity contribution in [3.05, 3.63) is 0 Å². The molecule has 0 amide bonds. The first-order valence-electron chi connectivity index (χ1n) is 22.2. The van der Waals surface area contributed by atoms with Crippen LogP contribution in [-0.4, -0.2) is 75.5 Å². The number of unbranched alkanes of at least 4 members (excludes halogenated alkanes) is 28. The molecule has 0 aromatic rings. The molecule has 12 heteroatoms. The van der Waals surface area contributed by atoms with Crippen molar-refractivity contribution < 1.29 is 48.3 Å². The molecule has 0 aliphatic rings. The van der Waals surface area contributed by atoms with Crippen LogP contribution in [0.25, 0.3) is 0 Å². The van der Waals surface area contributed by atoms with Gasteiger partial charge in [-0.1, -0.05) is 194 Å². The second-order valence-electron chi connectivity index (χ2n) is 15.5. The number of carbonyl (C=O) groups is 2. The van der Waals surface area contributed by atoms with E-state index in [9.17, 15) is 34.2 Å². The van der Waals surface area contributed by atoms with Crippen LogP contribution < -0.4 is 0 Å². The third-order valence-electron chi connectivity index (χ3n) is 9.89. The van der Waals surface area contributed by atoms with E-state index in [2.05, 4.69) is 18.5 Å². The number of phosphoric acid groups is 1. The van der Waals surface area contributed by atoms with Crippen LogP contribution in [0.3, 0.4) is 0 Å². The second kappa shape index (κ2) is 38.8. The molecular weight excluding hydrogens is 709 g/mol. The second-order valence-corrected chi connectivity index (χ2v) is 16.6. The maximum absolute atomic E-state index is 12.2. The van der Waals surface area contributed by atoms with Gasteiger partial charge >= 0.3 is 19.8 Å². The summed E-state index contributed by atoms with van der Waals surface area (Å²) >= 11 is 0. The van der Waals surface area contributed by atoms with Crippen LogP contribution in [0.15, 0.2) is 0 Å². The van der Waals surface area contributed by atoms with E-state index in [4.69, 9.17) is 9.47 Å². The molecule has 0 aromatic carbocycles. The maximum Gasteiger partial charge on any atom is 0.574 e. The minimum absolute atomic E-state index is 0.233. The molecule has 0 heterocycles. The number of aliphatic hydroxyl groups excluding tert-OH is 2. The van der Waals surface area contributed by atoms with Crippen LogP contribution in [0.1, 0.15) is 219 Å². The van der Waals surface area contributed by atoms with Gasteiger partial charge in [0.05, 0.1) is 13.1 Å². The Hall–Kier alpha value is -1.07. The molecule has 0 spiro atoms. The monoisotopic (exact) mass is 794 g/mol. The van der Waals surface area contributed by atoms with Crippen molar-refractivity contribution in [2.75, 3.05) is 26.3 Å². The Labute approximate surface area is 330 Å². The van der Waals surface area contributed by atoms with Gasteiger partial charge in [-0.15, -0.1) is 0 Å². The molecule has 54 heavy (non-hydrogen) atoms. The molecule has 2 atom stereocenters. The number of rotatable bonds is 42. The summed E-state index contributed by atoms with van der Waals surface area (Å²) < 4.78 is 26.4. The van der Waals surface area contributed by atoms with Gasteiger partial charge in [0.15, 0.2) is 0 Å². The summed E-state index contributed by atoms with van der Waals surface area (Å²) in [7, 11) is -5.00. The quantitative estimate of drug-likeness (QED) is 0.0153. The molecule has 1 radical (unpaired) electrons. The van der Waals surface area contributed by atoms with Gasteiger partial charge in [-0.3, -0.25) is 4.79 Å². The summed E-state index contributed by atoms with van der Waals surface area (Å²) in [6.07, 6.45) is 34.7. The molecule has 0 aliphatic heterocycles. The fourth-order valence-electron chi connectivity index (χ4n) is 6.67. The Morgan fingerprint density at radius 2 is 0.815 bits per heavy atom. The van der Waals surface area contributed by atoms with Crippen molar-refractivity contribution in [2.24, 2.45) is 0 Å². The van der Waals surface area contributed by atoms with E-state index in [0.717, 1.165) is 38.5 Å². The van der Waals surface area contributed by atoms with Crippen LogP contribution in [0.5, 0.6) is 0 Å². The summed E-state index contributed by atoms with van der Waals surface area (Å²) in [5, 5.41) is 21.4. The van der Waals surface area contributed by atoms with Crippen LogP contribution in [0.2, 0.25) is 0 Å². The van der Waals surface area contributed by atoms with Crippen molar-refractivity contribution in [3.8, 4) is 0 Å². The van der Waals surface area contributed by atoms with Crippen LogP contribution >= 0.6 is 7.82 Å².